The van der Waals surface area contributed by atoms with Gasteiger partial charge in [0.1, 0.15) is 0 Å². The molecule has 2 heteroatoms. The molecule has 1 aromatic carbocycles. The predicted molar refractivity (Wildman–Crippen MR) is 86.7 cm³/mol. The average Bonchev–Trinajstić information content (AvgIpc) is 2.39. The van der Waals surface area contributed by atoms with Crippen LogP contribution >= 0.6 is 0 Å². The van der Waals surface area contributed by atoms with Crippen molar-refractivity contribution < 1.29 is 0 Å². The van der Waals surface area contributed by atoms with E-state index in [1.165, 1.54) is 37.1 Å². The predicted octanol–water partition coefficient (Wildman–Crippen LogP) is 3.66. The van der Waals surface area contributed by atoms with Gasteiger partial charge in [-0.1, -0.05) is 45.0 Å². The van der Waals surface area contributed by atoms with Crippen LogP contribution < -0.4 is 5.32 Å². The second kappa shape index (κ2) is 6.73. The first-order valence-electron chi connectivity index (χ1n) is 7.94. The van der Waals surface area contributed by atoms with Gasteiger partial charge in [-0.2, -0.15) is 0 Å². The third-order valence-electron chi connectivity index (χ3n) is 4.59. The van der Waals surface area contributed by atoms with Crippen LogP contribution in [0.3, 0.4) is 0 Å². The fourth-order valence-electron chi connectivity index (χ4n) is 3.26. The van der Waals surface area contributed by atoms with Gasteiger partial charge >= 0.3 is 0 Å². The first-order chi connectivity index (χ1) is 9.49. The maximum atomic E-state index is 3.22. The summed E-state index contributed by atoms with van der Waals surface area (Å²) in [6.45, 7) is 11.7. The Labute approximate surface area is 124 Å². The van der Waals surface area contributed by atoms with Gasteiger partial charge in [-0.25, -0.2) is 0 Å². The van der Waals surface area contributed by atoms with Crippen LogP contribution in [0.4, 0.5) is 0 Å². The smallest absolute Gasteiger partial charge is 0.0233 e. The number of hydrogen-bond donors (Lipinski definition) is 1. The van der Waals surface area contributed by atoms with Crippen molar-refractivity contribution in [1.29, 1.82) is 0 Å². The monoisotopic (exact) mass is 274 g/mol. The summed E-state index contributed by atoms with van der Waals surface area (Å²) in [6.07, 6.45) is 2.69. The van der Waals surface area contributed by atoms with Crippen LogP contribution in [0.1, 0.15) is 44.7 Å². The van der Waals surface area contributed by atoms with Gasteiger partial charge < -0.3 is 5.32 Å². The molecule has 2 rings (SSSR count). The largest absolute Gasteiger partial charge is 0.316 e. The Balaban J connectivity index is 1.88. The third-order valence-corrected chi connectivity index (χ3v) is 4.59. The van der Waals surface area contributed by atoms with Gasteiger partial charge in [-0.15, -0.1) is 0 Å². The molecule has 1 heterocycles. The number of nitrogens with zero attached hydrogens (tertiary/aromatic N) is 1. The average molecular weight is 274 g/mol. The number of hydrogen-bond acceptors (Lipinski definition) is 2. The molecule has 2 nitrogen and oxygen atoms in total. The van der Waals surface area contributed by atoms with E-state index < -0.39 is 0 Å². The van der Waals surface area contributed by atoms with E-state index in [2.05, 4.69) is 55.3 Å². The maximum absolute atomic E-state index is 3.22. The topological polar surface area (TPSA) is 15.3 Å². The zero-order valence-electron chi connectivity index (χ0n) is 13.6. The summed E-state index contributed by atoms with van der Waals surface area (Å²) in [4.78, 5) is 2.61. The van der Waals surface area contributed by atoms with E-state index in [1.54, 1.807) is 0 Å². The Hall–Kier alpha value is -0.860. The molecule has 0 atom stereocenters. The molecule has 1 aliphatic heterocycles. The van der Waals surface area contributed by atoms with Crippen molar-refractivity contribution in [2.45, 2.75) is 46.7 Å². The van der Waals surface area contributed by atoms with Crippen LogP contribution in [0.25, 0.3) is 0 Å². The lowest BCUT2D eigenvalue weighted by Crippen LogP contribution is -2.37. The Morgan fingerprint density at radius 2 is 1.80 bits per heavy atom. The molecule has 0 radical (unpaired) electrons. The fourth-order valence-corrected chi connectivity index (χ4v) is 3.26. The lowest BCUT2D eigenvalue weighted by molar-refractivity contribution is 0.108. The van der Waals surface area contributed by atoms with Crippen molar-refractivity contribution in [3.8, 4) is 0 Å². The van der Waals surface area contributed by atoms with E-state index in [0.29, 0.717) is 5.41 Å². The number of piperidine rings is 1. The van der Waals surface area contributed by atoms with Crippen molar-refractivity contribution >= 4 is 0 Å². The Morgan fingerprint density at radius 3 is 2.40 bits per heavy atom. The van der Waals surface area contributed by atoms with Gasteiger partial charge in [0.2, 0.25) is 0 Å². The molecular weight excluding hydrogens is 244 g/mol. The highest BCUT2D eigenvalue weighted by atomic mass is 15.1. The minimum atomic E-state index is 0.471. The molecule has 0 amide bonds. The standard InChI is InChI=1S/C18H30N2/c1-18(2,3)17-8-10-20(11-9-17)14-16-7-5-6-15(12-16)13-19-4/h5-7,12,17,19H,8-11,13-14H2,1-4H3. The molecule has 1 aliphatic rings. The van der Waals surface area contributed by atoms with Gasteiger partial charge in [-0.3, -0.25) is 4.90 Å². The Morgan fingerprint density at radius 1 is 1.15 bits per heavy atom. The van der Waals surface area contributed by atoms with Crippen LogP contribution in [0.15, 0.2) is 24.3 Å². The van der Waals surface area contributed by atoms with E-state index in [4.69, 9.17) is 0 Å². The lowest BCUT2D eigenvalue weighted by atomic mass is 9.75. The highest BCUT2D eigenvalue weighted by Gasteiger charge is 2.28. The van der Waals surface area contributed by atoms with Crippen LogP contribution in [-0.4, -0.2) is 25.0 Å². The molecule has 0 saturated carbocycles. The van der Waals surface area contributed by atoms with Gasteiger partial charge in [0, 0.05) is 13.1 Å². The van der Waals surface area contributed by atoms with Crippen molar-refractivity contribution in [2.75, 3.05) is 20.1 Å². The molecule has 0 unspecified atom stereocenters. The second-order valence-corrected chi connectivity index (χ2v) is 7.27. The van der Waals surface area contributed by atoms with Crippen LogP contribution in [0, 0.1) is 11.3 Å². The summed E-state index contributed by atoms with van der Waals surface area (Å²) in [5.74, 6) is 0.884. The highest BCUT2D eigenvalue weighted by Crippen LogP contribution is 2.34. The highest BCUT2D eigenvalue weighted by molar-refractivity contribution is 5.23. The van der Waals surface area contributed by atoms with Gasteiger partial charge in [0.05, 0.1) is 0 Å². The van der Waals surface area contributed by atoms with Crippen LogP contribution in [0.5, 0.6) is 0 Å². The molecule has 1 N–H and O–H groups in total. The summed E-state index contributed by atoms with van der Waals surface area (Å²) in [7, 11) is 2.00. The maximum Gasteiger partial charge on any atom is 0.0233 e. The zero-order chi connectivity index (χ0) is 14.6. The molecular formula is C18H30N2. The molecule has 112 valence electrons. The summed E-state index contributed by atoms with van der Waals surface area (Å²) in [6, 6.07) is 8.98. The molecule has 0 spiro atoms. The second-order valence-electron chi connectivity index (χ2n) is 7.27. The molecule has 1 fully saturated rings. The van der Waals surface area contributed by atoms with Gasteiger partial charge in [0.25, 0.3) is 0 Å². The van der Waals surface area contributed by atoms with Crippen molar-refractivity contribution in [3.05, 3.63) is 35.4 Å². The van der Waals surface area contributed by atoms with Crippen LogP contribution in [0.2, 0.25) is 0 Å². The van der Waals surface area contributed by atoms with E-state index in [0.717, 1.165) is 19.0 Å². The quantitative estimate of drug-likeness (QED) is 0.901. The van der Waals surface area contributed by atoms with Gasteiger partial charge in [0.15, 0.2) is 0 Å². The Kier molecular flexibility index (Phi) is 5.22. The molecule has 0 aliphatic carbocycles. The number of nitrogens with one attached hydrogen (secondary N) is 1. The van der Waals surface area contributed by atoms with Crippen molar-refractivity contribution in [3.63, 3.8) is 0 Å². The van der Waals surface area contributed by atoms with Gasteiger partial charge in [-0.05, 0) is 55.4 Å². The van der Waals surface area contributed by atoms with E-state index >= 15 is 0 Å². The molecule has 20 heavy (non-hydrogen) atoms. The SMILES string of the molecule is CNCc1cccc(CN2CCC(C(C)(C)C)CC2)c1. The first kappa shape index (κ1) is 15.5. The third kappa shape index (κ3) is 4.32. The molecule has 1 aromatic rings. The lowest BCUT2D eigenvalue weighted by Gasteiger charge is -2.38. The van der Waals surface area contributed by atoms with E-state index in [9.17, 15) is 0 Å². The number of benzene rings is 1. The molecule has 1 saturated heterocycles. The summed E-state index contributed by atoms with van der Waals surface area (Å²) in [5.41, 5.74) is 3.31. The number of likely N-dealkylation sites (tertiary alicyclic amines) is 1. The summed E-state index contributed by atoms with van der Waals surface area (Å²) >= 11 is 0. The van der Waals surface area contributed by atoms with Crippen molar-refractivity contribution in [1.82, 2.24) is 10.2 Å². The normalized spacial score (nSPS) is 18.4. The van der Waals surface area contributed by atoms with Crippen LogP contribution in [-0.2, 0) is 13.1 Å². The zero-order valence-corrected chi connectivity index (χ0v) is 13.6. The fraction of sp³-hybridized carbons (Fsp3) is 0.667. The van der Waals surface area contributed by atoms with E-state index in [1.807, 2.05) is 7.05 Å². The minimum absolute atomic E-state index is 0.471. The molecule has 0 aromatic heterocycles. The Bertz CT molecular complexity index is 412. The van der Waals surface area contributed by atoms with Crippen molar-refractivity contribution in [2.24, 2.45) is 11.3 Å². The van der Waals surface area contributed by atoms with E-state index in [-0.39, 0.29) is 0 Å². The first-order valence-corrected chi connectivity index (χ1v) is 7.94. The molecule has 0 bridgehead atoms. The number of rotatable bonds is 4. The summed E-state index contributed by atoms with van der Waals surface area (Å²) in [5, 5.41) is 3.22. The minimum Gasteiger partial charge on any atom is -0.316 e. The summed E-state index contributed by atoms with van der Waals surface area (Å²) < 4.78 is 0.